The van der Waals surface area contributed by atoms with Gasteiger partial charge in [-0.1, -0.05) is 30.3 Å². The van der Waals surface area contributed by atoms with E-state index in [1.165, 1.54) is 0 Å². The summed E-state index contributed by atoms with van der Waals surface area (Å²) in [5, 5.41) is 2.57. The van der Waals surface area contributed by atoms with Crippen LogP contribution in [0, 0.1) is 0 Å². The number of benzene rings is 2. The predicted molar refractivity (Wildman–Crippen MR) is 95.5 cm³/mol. The summed E-state index contributed by atoms with van der Waals surface area (Å²) in [4.78, 5) is 37.5. The van der Waals surface area contributed by atoms with Gasteiger partial charge in [-0.15, -0.1) is 0 Å². The number of ether oxygens (including phenoxy) is 1. The first-order valence-corrected chi connectivity index (χ1v) is 8.34. The number of rotatable bonds is 5. The van der Waals surface area contributed by atoms with E-state index in [0.29, 0.717) is 17.7 Å². The Morgan fingerprint density at radius 3 is 2.50 bits per heavy atom. The zero-order valence-corrected chi connectivity index (χ0v) is 14.7. The average Bonchev–Trinajstić information content (AvgIpc) is 2.97. The van der Waals surface area contributed by atoms with Crippen molar-refractivity contribution < 1.29 is 19.1 Å². The number of esters is 1. The lowest BCUT2D eigenvalue weighted by atomic mass is 10.0. The average molecular weight is 352 g/mol. The summed E-state index contributed by atoms with van der Waals surface area (Å²) in [7, 11) is 3.29. The van der Waals surface area contributed by atoms with Gasteiger partial charge >= 0.3 is 5.97 Å². The molecule has 0 saturated carbocycles. The first-order chi connectivity index (χ1) is 12.5. The van der Waals surface area contributed by atoms with Gasteiger partial charge in [0.05, 0.1) is 12.0 Å². The summed E-state index contributed by atoms with van der Waals surface area (Å²) in [6, 6.07) is 14.2. The number of hydrogen-bond acceptors (Lipinski definition) is 4. The molecular weight excluding hydrogens is 332 g/mol. The minimum Gasteiger partial charge on any atom is -0.453 e. The molecule has 26 heavy (non-hydrogen) atoms. The molecule has 0 saturated heterocycles. The molecule has 2 aromatic carbocycles. The Balaban J connectivity index is 1.62. The summed E-state index contributed by atoms with van der Waals surface area (Å²) < 4.78 is 5.33. The number of carbonyl (C=O) groups excluding carboxylic acids is 3. The van der Waals surface area contributed by atoms with Crippen molar-refractivity contribution in [2.24, 2.45) is 0 Å². The van der Waals surface area contributed by atoms with Gasteiger partial charge in [0.15, 0.2) is 0 Å². The van der Waals surface area contributed by atoms with E-state index in [0.717, 1.165) is 11.1 Å². The number of nitrogens with zero attached hydrogens (tertiary/aromatic N) is 1. The van der Waals surface area contributed by atoms with Gasteiger partial charge in [-0.3, -0.25) is 9.59 Å². The Morgan fingerprint density at radius 2 is 1.81 bits per heavy atom. The third kappa shape index (κ3) is 3.59. The number of hydrogen-bond donors (Lipinski definition) is 1. The highest BCUT2D eigenvalue weighted by Crippen LogP contribution is 2.33. The molecule has 0 aromatic heterocycles. The predicted octanol–water partition coefficient (Wildman–Crippen LogP) is 2.31. The Labute approximate surface area is 151 Å². The van der Waals surface area contributed by atoms with Crippen LogP contribution in [0.1, 0.15) is 44.4 Å². The van der Waals surface area contributed by atoms with Crippen molar-refractivity contribution in [2.45, 2.75) is 19.1 Å². The summed E-state index contributed by atoms with van der Waals surface area (Å²) >= 11 is 0. The number of nitrogens with one attached hydrogen (secondary N) is 1. The third-order valence-electron chi connectivity index (χ3n) is 4.43. The largest absolute Gasteiger partial charge is 0.453 e. The Hall–Kier alpha value is -3.15. The van der Waals surface area contributed by atoms with Gasteiger partial charge in [0, 0.05) is 31.8 Å². The standard InChI is InChI=1S/C20H20N2O4/c1-21-19(24)14-9-7-13(8-10-14)12-22(2)18(23)11-17-15-5-3-4-6-16(15)20(25)26-17/h3-10,17H,11-12H2,1-2H3,(H,21,24)/t17-/m0/s1. The molecule has 1 heterocycles. The quantitative estimate of drug-likeness (QED) is 0.838. The van der Waals surface area contributed by atoms with Crippen LogP contribution in [0.25, 0.3) is 0 Å². The van der Waals surface area contributed by atoms with Crippen molar-refractivity contribution in [3.63, 3.8) is 0 Å². The van der Waals surface area contributed by atoms with Crippen LogP contribution in [-0.4, -0.2) is 36.8 Å². The smallest absolute Gasteiger partial charge is 0.339 e. The maximum absolute atomic E-state index is 12.5. The fraction of sp³-hybridized carbons (Fsp3) is 0.250. The van der Waals surface area contributed by atoms with Gasteiger partial charge in [0.1, 0.15) is 6.10 Å². The van der Waals surface area contributed by atoms with E-state index in [-0.39, 0.29) is 24.2 Å². The molecule has 134 valence electrons. The molecule has 6 heteroatoms. The highest BCUT2D eigenvalue weighted by Gasteiger charge is 2.32. The lowest BCUT2D eigenvalue weighted by Crippen LogP contribution is -2.27. The second kappa shape index (κ2) is 7.39. The molecule has 1 aliphatic rings. The Bertz CT molecular complexity index is 845. The lowest BCUT2D eigenvalue weighted by molar-refractivity contribution is -0.132. The van der Waals surface area contributed by atoms with E-state index in [9.17, 15) is 14.4 Å². The van der Waals surface area contributed by atoms with Crippen LogP contribution in [-0.2, 0) is 16.1 Å². The molecule has 0 bridgehead atoms. The van der Waals surface area contributed by atoms with Crippen molar-refractivity contribution in [1.29, 1.82) is 0 Å². The van der Waals surface area contributed by atoms with Crippen molar-refractivity contribution in [2.75, 3.05) is 14.1 Å². The van der Waals surface area contributed by atoms with Crippen molar-refractivity contribution in [1.82, 2.24) is 10.2 Å². The molecule has 1 atom stereocenters. The molecule has 0 aliphatic carbocycles. The Kier molecular flexibility index (Phi) is 5.02. The zero-order chi connectivity index (χ0) is 18.7. The fourth-order valence-electron chi connectivity index (χ4n) is 2.95. The van der Waals surface area contributed by atoms with E-state index in [4.69, 9.17) is 4.74 Å². The second-order valence-corrected chi connectivity index (χ2v) is 6.21. The Morgan fingerprint density at radius 1 is 1.12 bits per heavy atom. The van der Waals surface area contributed by atoms with E-state index in [1.54, 1.807) is 43.3 Å². The van der Waals surface area contributed by atoms with E-state index in [2.05, 4.69) is 5.32 Å². The molecule has 0 radical (unpaired) electrons. The van der Waals surface area contributed by atoms with Gasteiger partial charge in [-0.05, 0) is 23.8 Å². The molecule has 3 rings (SSSR count). The van der Waals surface area contributed by atoms with Gasteiger partial charge in [-0.25, -0.2) is 4.79 Å². The molecule has 6 nitrogen and oxygen atoms in total. The van der Waals surface area contributed by atoms with Gasteiger partial charge in [0.2, 0.25) is 5.91 Å². The van der Waals surface area contributed by atoms with Crippen molar-refractivity contribution in [3.05, 3.63) is 70.8 Å². The van der Waals surface area contributed by atoms with Crippen LogP contribution >= 0.6 is 0 Å². The van der Waals surface area contributed by atoms with E-state index < -0.39 is 6.10 Å². The van der Waals surface area contributed by atoms with Crippen molar-refractivity contribution >= 4 is 17.8 Å². The van der Waals surface area contributed by atoms with Gasteiger partial charge in [0.25, 0.3) is 5.91 Å². The molecule has 1 N–H and O–H groups in total. The molecule has 2 aromatic rings. The summed E-state index contributed by atoms with van der Waals surface area (Å²) in [6.07, 6.45) is -0.431. The topological polar surface area (TPSA) is 75.7 Å². The number of carbonyl (C=O) groups is 3. The maximum atomic E-state index is 12.5. The first kappa shape index (κ1) is 17.7. The lowest BCUT2D eigenvalue weighted by Gasteiger charge is -2.19. The van der Waals surface area contributed by atoms with Crippen LogP contribution in [0.4, 0.5) is 0 Å². The minimum absolute atomic E-state index is 0.107. The highest BCUT2D eigenvalue weighted by atomic mass is 16.5. The minimum atomic E-state index is -0.538. The molecule has 2 amide bonds. The molecule has 1 aliphatic heterocycles. The molecule has 0 spiro atoms. The zero-order valence-electron chi connectivity index (χ0n) is 14.7. The number of cyclic esters (lactones) is 1. The van der Waals surface area contributed by atoms with E-state index >= 15 is 0 Å². The second-order valence-electron chi connectivity index (χ2n) is 6.21. The van der Waals surface area contributed by atoms with E-state index in [1.807, 2.05) is 24.3 Å². The molecule has 0 unspecified atom stereocenters. The normalized spacial score (nSPS) is 15.2. The van der Waals surface area contributed by atoms with Crippen LogP contribution in [0.3, 0.4) is 0 Å². The van der Waals surface area contributed by atoms with Crippen LogP contribution in [0.2, 0.25) is 0 Å². The highest BCUT2D eigenvalue weighted by molar-refractivity contribution is 5.95. The third-order valence-corrected chi connectivity index (χ3v) is 4.43. The summed E-state index contributed by atoms with van der Waals surface area (Å²) in [6.45, 7) is 0.412. The van der Waals surface area contributed by atoms with Gasteiger partial charge < -0.3 is 15.0 Å². The SMILES string of the molecule is CNC(=O)c1ccc(CN(C)C(=O)C[C@@H]2OC(=O)c3ccccc32)cc1. The molecule has 0 fully saturated rings. The van der Waals surface area contributed by atoms with Crippen LogP contribution < -0.4 is 5.32 Å². The first-order valence-electron chi connectivity index (χ1n) is 8.34. The maximum Gasteiger partial charge on any atom is 0.339 e. The van der Waals surface area contributed by atoms with Gasteiger partial charge in [-0.2, -0.15) is 0 Å². The number of amides is 2. The number of fused-ring (bicyclic) bond motifs is 1. The molecular formula is C20H20N2O4. The summed E-state index contributed by atoms with van der Waals surface area (Å²) in [5.74, 6) is -0.650. The monoisotopic (exact) mass is 352 g/mol. The van der Waals surface area contributed by atoms with Crippen LogP contribution in [0.15, 0.2) is 48.5 Å². The fourth-order valence-corrected chi connectivity index (χ4v) is 2.95. The van der Waals surface area contributed by atoms with Crippen LogP contribution in [0.5, 0.6) is 0 Å². The summed E-state index contributed by atoms with van der Waals surface area (Å²) in [5.41, 5.74) is 2.77. The van der Waals surface area contributed by atoms with Crippen molar-refractivity contribution in [3.8, 4) is 0 Å².